The van der Waals surface area contributed by atoms with Crippen LogP contribution < -0.4 is 5.32 Å². The zero-order chi connectivity index (χ0) is 15.2. The third kappa shape index (κ3) is 4.81. The van der Waals surface area contributed by atoms with Gasteiger partial charge >= 0.3 is 0 Å². The SMILES string of the molecule is CC(C)C1CCC(NCCc2ccc([N+](=O)[O-])cc2)CC1. The maximum Gasteiger partial charge on any atom is 0.269 e. The van der Waals surface area contributed by atoms with Gasteiger partial charge < -0.3 is 5.32 Å². The van der Waals surface area contributed by atoms with Gasteiger partial charge in [0.25, 0.3) is 5.69 Å². The Morgan fingerprint density at radius 1 is 1.19 bits per heavy atom. The van der Waals surface area contributed by atoms with E-state index in [1.165, 1.54) is 25.7 Å². The zero-order valence-corrected chi connectivity index (χ0v) is 13.0. The van der Waals surface area contributed by atoms with Gasteiger partial charge in [0.2, 0.25) is 0 Å². The molecule has 0 aromatic heterocycles. The summed E-state index contributed by atoms with van der Waals surface area (Å²) in [4.78, 5) is 10.2. The lowest BCUT2D eigenvalue weighted by Gasteiger charge is -2.31. The molecule has 21 heavy (non-hydrogen) atoms. The summed E-state index contributed by atoms with van der Waals surface area (Å²) in [5, 5.41) is 14.2. The van der Waals surface area contributed by atoms with Gasteiger partial charge in [-0.3, -0.25) is 10.1 Å². The number of nitro groups is 1. The van der Waals surface area contributed by atoms with Gasteiger partial charge in [0.05, 0.1) is 4.92 Å². The summed E-state index contributed by atoms with van der Waals surface area (Å²) >= 11 is 0. The summed E-state index contributed by atoms with van der Waals surface area (Å²) < 4.78 is 0. The van der Waals surface area contributed by atoms with E-state index in [0.29, 0.717) is 6.04 Å². The van der Waals surface area contributed by atoms with E-state index in [1.807, 2.05) is 12.1 Å². The number of nitro benzene ring substituents is 1. The predicted molar refractivity (Wildman–Crippen MR) is 85.4 cm³/mol. The standard InChI is InChI=1S/C17H26N2O2/c1-13(2)15-5-7-16(8-6-15)18-12-11-14-3-9-17(10-4-14)19(20)21/h3-4,9-10,13,15-16,18H,5-8,11-12H2,1-2H3. The summed E-state index contributed by atoms with van der Waals surface area (Å²) in [7, 11) is 0. The molecular weight excluding hydrogens is 264 g/mol. The lowest BCUT2D eigenvalue weighted by Crippen LogP contribution is -2.35. The minimum Gasteiger partial charge on any atom is -0.314 e. The summed E-state index contributed by atoms with van der Waals surface area (Å²) in [6.07, 6.45) is 6.17. The summed E-state index contributed by atoms with van der Waals surface area (Å²) in [5.41, 5.74) is 1.32. The average Bonchev–Trinajstić information content (AvgIpc) is 2.48. The number of nitrogens with zero attached hydrogens (tertiary/aromatic N) is 1. The monoisotopic (exact) mass is 290 g/mol. The van der Waals surface area contributed by atoms with Crippen LogP contribution in [-0.4, -0.2) is 17.5 Å². The van der Waals surface area contributed by atoms with Crippen LogP contribution in [0.5, 0.6) is 0 Å². The molecule has 0 aliphatic heterocycles. The number of benzene rings is 1. The van der Waals surface area contributed by atoms with E-state index in [9.17, 15) is 10.1 Å². The van der Waals surface area contributed by atoms with E-state index >= 15 is 0 Å². The second-order valence-electron chi connectivity index (χ2n) is 6.48. The van der Waals surface area contributed by atoms with Gasteiger partial charge in [-0.05, 0) is 56.0 Å². The van der Waals surface area contributed by atoms with Crippen molar-refractivity contribution >= 4 is 5.69 Å². The maximum absolute atomic E-state index is 10.6. The number of rotatable bonds is 6. The van der Waals surface area contributed by atoms with Crippen LogP contribution in [0.15, 0.2) is 24.3 Å². The summed E-state index contributed by atoms with van der Waals surface area (Å²) in [5.74, 6) is 1.71. The topological polar surface area (TPSA) is 55.2 Å². The fourth-order valence-electron chi connectivity index (χ4n) is 3.19. The molecule has 0 radical (unpaired) electrons. The van der Waals surface area contributed by atoms with Crippen molar-refractivity contribution in [2.45, 2.75) is 52.0 Å². The quantitative estimate of drug-likeness (QED) is 0.637. The van der Waals surface area contributed by atoms with Crippen LogP contribution in [0.1, 0.15) is 45.1 Å². The van der Waals surface area contributed by atoms with E-state index in [0.717, 1.165) is 30.4 Å². The van der Waals surface area contributed by atoms with E-state index in [4.69, 9.17) is 0 Å². The van der Waals surface area contributed by atoms with Crippen LogP contribution in [0.25, 0.3) is 0 Å². The smallest absolute Gasteiger partial charge is 0.269 e. The first-order valence-electron chi connectivity index (χ1n) is 8.03. The highest BCUT2D eigenvalue weighted by atomic mass is 16.6. The van der Waals surface area contributed by atoms with E-state index in [-0.39, 0.29) is 10.6 Å². The molecule has 0 unspecified atom stereocenters. The molecule has 0 saturated heterocycles. The first-order chi connectivity index (χ1) is 10.1. The second kappa shape index (κ2) is 7.55. The minimum absolute atomic E-state index is 0.165. The third-order valence-corrected chi connectivity index (χ3v) is 4.71. The number of non-ortho nitro benzene ring substituents is 1. The molecule has 1 aromatic carbocycles. The molecule has 0 bridgehead atoms. The van der Waals surface area contributed by atoms with Gasteiger partial charge in [-0.15, -0.1) is 0 Å². The van der Waals surface area contributed by atoms with Crippen LogP contribution in [0.2, 0.25) is 0 Å². The molecule has 0 spiro atoms. The molecule has 4 heteroatoms. The van der Waals surface area contributed by atoms with E-state index in [2.05, 4.69) is 19.2 Å². The van der Waals surface area contributed by atoms with Crippen molar-refractivity contribution in [3.05, 3.63) is 39.9 Å². The normalized spacial score (nSPS) is 22.4. The molecule has 1 saturated carbocycles. The van der Waals surface area contributed by atoms with Crippen molar-refractivity contribution in [3.63, 3.8) is 0 Å². The maximum atomic E-state index is 10.6. The fraction of sp³-hybridized carbons (Fsp3) is 0.647. The van der Waals surface area contributed by atoms with Crippen LogP contribution in [-0.2, 0) is 6.42 Å². The second-order valence-corrected chi connectivity index (χ2v) is 6.48. The van der Waals surface area contributed by atoms with Crippen LogP contribution in [0, 0.1) is 22.0 Å². The van der Waals surface area contributed by atoms with E-state index < -0.39 is 0 Å². The van der Waals surface area contributed by atoms with Crippen molar-refractivity contribution in [1.82, 2.24) is 5.32 Å². The highest BCUT2D eigenvalue weighted by Crippen LogP contribution is 2.29. The molecule has 2 rings (SSSR count). The molecule has 116 valence electrons. The lowest BCUT2D eigenvalue weighted by atomic mass is 9.80. The zero-order valence-electron chi connectivity index (χ0n) is 13.0. The van der Waals surface area contributed by atoms with Gasteiger partial charge in [0.15, 0.2) is 0 Å². The summed E-state index contributed by atoms with van der Waals surface area (Å²) in [6, 6.07) is 7.54. The van der Waals surface area contributed by atoms with Gasteiger partial charge in [0.1, 0.15) is 0 Å². The number of hydrogen-bond acceptors (Lipinski definition) is 3. The van der Waals surface area contributed by atoms with Gasteiger partial charge in [-0.25, -0.2) is 0 Å². The summed E-state index contributed by atoms with van der Waals surface area (Å²) in [6.45, 7) is 5.61. The Kier molecular flexibility index (Phi) is 5.74. The molecule has 1 fully saturated rings. The van der Waals surface area contributed by atoms with Gasteiger partial charge in [-0.1, -0.05) is 26.0 Å². The molecule has 1 aliphatic carbocycles. The third-order valence-electron chi connectivity index (χ3n) is 4.71. The first-order valence-corrected chi connectivity index (χ1v) is 8.03. The minimum atomic E-state index is -0.352. The molecule has 1 N–H and O–H groups in total. The van der Waals surface area contributed by atoms with Crippen molar-refractivity contribution in [2.75, 3.05) is 6.54 Å². The Hall–Kier alpha value is -1.42. The molecule has 1 aromatic rings. The van der Waals surface area contributed by atoms with Crippen molar-refractivity contribution in [2.24, 2.45) is 11.8 Å². The first kappa shape index (κ1) is 16.0. The van der Waals surface area contributed by atoms with Crippen molar-refractivity contribution in [3.8, 4) is 0 Å². The molecular formula is C17H26N2O2. The van der Waals surface area contributed by atoms with Crippen molar-refractivity contribution < 1.29 is 4.92 Å². The average molecular weight is 290 g/mol. The van der Waals surface area contributed by atoms with Gasteiger partial charge in [-0.2, -0.15) is 0 Å². The highest BCUT2D eigenvalue weighted by molar-refractivity contribution is 5.32. The largest absolute Gasteiger partial charge is 0.314 e. The number of hydrogen-bond donors (Lipinski definition) is 1. The van der Waals surface area contributed by atoms with Crippen LogP contribution in [0.4, 0.5) is 5.69 Å². The van der Waals surface area contributed by atoms with Crippen LogP contribution in [0.3, 0.4) is 0 Å². The predicted octanol–water partition coefficient (Wildman–Crippen LogP) is 3.94. The molecule has 0 atom stereocenters. The van der Waals surface area contributed by atoms with E-state index in [1.54, 1.807) is 12.1 Å². The van der Waals surface area contributed by atoms with Crippen LogP contribution >= 0.6 is 0 Å². The van der Waals surface area contributed by atoms with Crippen molar-refractivity contribution in [1.29, 1.82) is 0 Å². The Balaban J connectivity index is 1.69. The Labute approximate surface area is 127 Å². The fourth-order valence-corrected chi connectivity index (χ4v) is 3.19. The highest BCUT2D eigenvalue weighted by Gasteiger charge is 2.22. The molecule has 0 amide bonds. The number of nitrogens with one attached hydrogen (secondary N) is 1. The molecule has 1 aliphatic rings. The Bertz CT molecular complexity index is 448. The molecule has 4 nitrogen and oxygen atoms in total. The lowest BCUT2D eigenvalue weighted by molar-refractivity contribution is -0.384. The van der Waals surface area contributed by atoms with Gasteiger partial charge in [0, 0.05) is 18.2 Å². The Morgan fingerprint density at radius 2 is 1.81 bits per heavy atom. The Morgan fingerprint density at radius 3 is 2.33 bits per heavy atom. The molecule has 0 heterocycles.